The van der Waals surface area contributed by atoms with E-state index in [0.717, 1.165) is 57.2 Å². The number of amides is 2. The quantitative estimate of drug-likeness (QED) is 0.331. The molecule has 8 heteroatoms. The van der Waals surface area contributed by atoms with Crippen molar-refractivity contribution in [3.63, 3.8) is 0 Å². The standard InChI is InChI=1S/C27H27N3O4Se/c1-17-23(26(32)28-10-12-30-11-2-3-13-34-30)15-21(35-17)16-24-22-9-6-19(14-25(22)29-27(24)33)18-4-7-20(31)8-5-18/h4-9,14-16,31H,2-3,10-13H2,1H3,(H,28,32)(H,29,33)/b24-16-. The zero-order valence-corrected chi connectivity index (χ0v) is 21.2. The third kappa shape index (κ3) is 5.26. The molecule has 2 aromatic carbocycles. The summed E-state index contributed by atoms with van der Waals surface area (Å²) in [5.74, 6) is -0.00523. The molecule has 1 aromatic heterocycles. The van der Waals surface area contributed by atoms with Gasteiger partial charge in [-0.2, -0.15) is 0 Å². The zero-order chi connectivity index (χ0) is 24.4. The van der Waals surface area contributed by atoms with E-state index in [0.29, 0.717) is 24.2 Å². The first kappa shape index (κ1) is 23.6. The van der Waals surface area contributed by atoms with Gasteiger partial charge in [-0.1, -0.05) is 0 Å². The number of phenolic OH excluding ortho intramolecular Hbond substituents is 1. The topological polar surface area (TPSA) is 90.9 Å². The van der Waals surface area contributed by atoms with Crippen molar-refractivity contribution in [1.82, 2.24) is 10.4 Å². The van der Waals surface area contributed by atoms with Gasteiger partial charge in [-0.15, -0.1) is 0 Å². The van der Waals surface area contributed by atoms with Crippen molar-refractivity contribution in [3.8, 4) is 16.9 Å². The fraction of sp³-hybridized carbons (Fsp3) is 0.259. The molecule has 0 unspecified atom stereocenters. The molecule has 0 atom stereocenters. The minimum absolute atomic E-state index is 0.00926. The molecule has 180 valence electrons. The van der Waals surface area contributed by atoms with E-state index in [1.807, 2.05) is 54.5 Å². The Bertz CT molecular complexity index is 1290. The summed E-state index contributed by atoms with van der Waals surface area (Å²) in [4.78, 5) is 31.1. The van der Waals surface area contributed by atoms with Crippen LogP contribution in [0.1, 0.15) is 37.6 Å². The third-order valence-corrected chi connectivity index (χ3v) is 8.29. The van der Waals surface area contributed by atoms with Crippen molar-refractivity contribution in [2.75, 3.05) is 31.6 Å². The number of nitrogens with one attached hydrogen (secondary N) is 2. The van der Waals surface area contributed by atoms with Gasteiger partial charge < -0.3 is 0 Å². The zero-order valence-electron chi connectivity index (χ0n) is 19.5. The van der Waals surface area contributed by atoms with Crippen molar-refractivity contribution in [1.29, 1.82) is 0 Å². The number of fused-ring (bicyclic) bond motifs is 1. The fourth-order valence-corrected chi connectivity index (χ4v) is 6.36. The van der Waals surface area contributed by atoms with E-state index >= 15 is 0 Å². The normalized spacial score (nSPS) is 16.8. The van der Waals surface area contributed by atoms with Gasteiger partial charge in [-0.25, -0.2) is 0 Å². The van der Waals surface area contributed by atoms with Gasteiger partial charge in [0.2, 0.25) is 0 Å². The molecule has 5 rings (SSSR count). The summed E-state index contributed by atoms with van der Waals surface area (Å²) in [5, 5.41) is 17.4. The van der Waals surface area contributed by atoms with Crippen molar-refractivity contribution in [2.24, 2.45) is 0 Å². The van der Waals surface area contributed by atoms with Crippen LogP contribution in [0.25, 0.3) is 22.8 Å². The molecule has 0 spiro atoms. The van der Waals surface area contributed by atoms with Crippen LogP contribution in [-0.2, 0) is 9.63 Å². The maximum atomic E-state index is 12.8. The molecule has 3 aromatic rings. The number of aromatic hydroxyl groups is 1. The number of benzene rings is 2. The number of phenols is 1. The van der Waals surface area contributed by atoms with E-state index in [-0.39, 0.29) is 32.1 Å². The van der Waals surface area contributed by atoms with Crippen LogP contribution in [0, 0.1) is 6.92 Å². The number of carbonyl (C=O) groups excluding carboxylic acids is 2. The number of nitrogens with zero attached hydrogens (tertiary/aromatic N) is 1. The Balaban J connectivity index is 1.30. The molecule has 1 saturated heterocycles. The van der Waals surface area contributed by atoms with E-state index in [1.165, 1.54) is 0 Å². The van der Waals surface area contributed by atoms with Gasteiger partial charge >= 0.3 is 210 Å². The molecule has 35 heavy (non-hydrogen) atoms. The second kappa shape index (κ2) is 10.2. The van der Waals surface area contributed by atoms with Crippen LogP contribution in [0.4, 0.5) is 5.69 Å². The van der Waals surface area contributed by atoms with Gasteiger partial charge in [-0.3, -0.25) is 0 Å². The maximum absolute atomic E-state index is 12.8. The van der Waals surface area contributed by atoms with Crippen LogP contribution in [0.3, 0.4) is 0 Å². The van der Waals surface area contributed by atoms with E-state index in [9.17, 15) is 14.7 Å². The minimum atomic E-state index is -0.142. The van der Waals surface area contributed by atoms with Gasteiger partial charge in [0.25, 0.3) is 0 Å². The van der Waals surface area contributed by atoms with Crippen LogP contribution in [0.5, 0.6) is 5.75 Å². The number of carbonyl (C=O) groups is 2. The molecule has 0 bridgehead atoms. The van der Waals surface area contributed by atoms with E-state index in [2.05, 4.69) is 10.6 Å². The summed E-state index contributed by atoms with van der Waals surface area (Å²) >= 11 is -0.00926. The van der Waals surface area contributed by atoms with Crippen molar-refractivity contribution >= 4 is 43.7 Å². The predicted octanol–water partition coefficient (Wildman–Crippen LogP) is 3.67. The average Bonchev–Trinajstić information content (AvgIpc) is 3.38. The molecular formula is C27H27N3O4Se. The molecule has 2 aliphatic rings. The number of rotatable bonds is 6. The molecule has 0 saturated carbocycles. The monoisotopic (exact) mass is 537 g/mol. The van der Waals surface area contributed by atoms with Crippen LogP contribution >= 0.6 is 0 Å². The Morgan fingerprint density at radius 2 is 1.97 bits per heavy atom. The fourth-order valence-electron chi connectivity index (χ4n) is 4.33. The van der Waals surface area contributed by atoms with Gasteiger partial charge in [-0.05, 0) is 0 Å². The summed E-state index contributed by atoms with van der Waals surface area (Å²) in [5.41, 5.74) is 4.84. The number of hydroxylamine groups is 2. The molecule has 3 heterocycles. The van der Waals surface area contributed by atoms with E-state index in [1.54, 1.807) is 12.1 Å². The van der Waals surface area contributed by atoms with Crippen molar-refractivity contribution < 1.29 is 19.5 Å². The summed E-state index contributed by atoms with van der Waals surface area (Å²) in [6, 6.07) is 14.8. The number of hydrogen-bond donors (Lipinski definition) is 3. The van der Waals surface area contributed by atoms with E-state index < -0.39 is 0 Å². The number of hydrogen-bond acceptors (Lipinski definition) is 5. The molecule has 7 nitrogen and oxygen atoms in total. The average molecular weight is 536 g/mol. The van der Waals surface area contributed by atoms with Crippen molar-refractivity contribution in [3.05, 3.63) is 68.5 Å². The Morgan fingerprint density at radius 1 is 1.17 bits per heavy atom. The SMILES string of the molecule is Cc1[se]c(/C=C2\C(=O)Nc3cc(-c4ccc(O)cc4)ccc32)cc1C(=O)NCCN1CCCCO1. The van der Waals surface area contributed by atoms with Crippen molar-refractivity contribution in [2.45, 2.75) is 19.8 Å². The summed E-state index contributed by atoms with van der Waals surface area (Å²) < 4.78 is 2.05. The van der Waals surface area contributed by atoms with Crippen LogP contribution in [0.15, 0.2) is 48.5 Å². The third-order valence-electron chi connectivity index (χ3n) is 6.19. The van der Waals surface area contributed by atoms with Crippen LogP contribution < -0.4 is 10.6 Å². The first-order valence-electron chi connectivity index (χ1n) is 11.7. The molecule has 2 amide bonds. The van der Waals surface area contributed by atoms with Gasteiger partial charge in [0, 0.05) is 0 Å². The summed E-state index contributed by atoms with van der Waals surface area (Å²) in [6.45, 7) is 4.84. The number of aryl methyl sites for hydroxylation is 1. The summed E-state index contributed by atoms with van der Waals surface area (Å²) in [6.07, 6.45) is 4.12. The Morgan fingerprint density at radius 3 is 2.74 bits per heavy atom. The van der Waals surface area contributed by atoms with E-state index in [4.69, 9.17) is 4.84 Å². The molecule has 2 aliphatic heterocycles. The molecular weight excluding hydrogens is 509 g/mol. The molecule has 3 N–H and O–H groups in total. The Labute approximate surface area is 210 Å². The second-order valence-electron chi connectivity index (χ2n) is 8.66. The van der Waals surface area contributed by atoms with Gasteiger partial charge in [0.05, 0.1) is 0 Å². The summed E-state index contributed by atoms with van der Waals surface area (Å²) in [7, 11) is 0. The van der Waals surface area contributed by atoms with Gasteiger partial charge in [0.15, 0.2) is 0 Å². The second-order valence-corrected chi connectivity index (χ2v) is 11.4. The predicted molar refractivity (Wildman–Crippen MR) is 137 cm³/mol. The molecule has 0 aliphatic carbocycles. The Kier molecular flexibility index (Phi) is 6.88. The van der Waals surface area contributed by atoms with Gasteiger partial charge in [0.1, 0.15) is 0 Å². The first-order valence-corrected chi connectivity index (χ1v) is 13.4. The Hall–Kier alpha value is -3.16. The number of anilines is 1. The molecule has 1 fully saturated rings. The molecule has 0 radical (unpaired) electrons. The van der Waals surface area contributed by atoms with Crippen LogP contribution in [0.2, 0.25) is 0 Å². The first-order chi connectivity index (χ1) is 17.0. The van der Waals surface area contributed by atoms with Crippen LogP contribution in [-0.4, -0.2) is 62.7 Å².